The number of aromatic nitrogens is 1. The van der Waals surface area contributed by atoms with Crippen molar-refractivity contribution in [3.05, 3.63) is 88.9 Å². The van der Waals surface area contributed by atoms with E-state index in [-0.39, 0.29) is 37.1 Å². The number of furan rings is 1. The number of halogens is 1. The Morgan fingerprint density at radius 3 is 2.72 bits per heavy atom. The van der Waals surface area contributed by atoms with E-state index in [2.05, 4.69) is 10.3 Å². The van der Waals surface area contributed by atoms with Crippen LogP contribution in [-0.4, -0.2) is 21.7 Å². The molecule has 0 spiro atoms. The first kappa shape index (κ1) is 18.9. The Morgan fingerprint density at radius 1 is 1.21 bits per heavy atom. The first-order chi connectivity index (χ1) is 14.0. The molecule has 4 rings (SSSR count). The van der Waals surface area contributed by atoms with Crippen LogP contribution in [0.4, 0.5) is 4.39 Å². The van der Waals surface area contributed by atoms with Crippen molar-refractivity contribution >= 4 is 11.8 Å². The van der Waals surface area contributed by atoms with Crippen molar-refractivity contribution < 1.29 is 18.4 Å². The molecule has 0 aliphatic carbocycles. The van der Waals surface area contributed by atoms with Gasteiger partial charge in [-0.2, -0.15) is 0 Å². The molecule has 0 saturated carbocycles. The number of amides is 2. The highest BCUT2D eigenvalue weighted by Gasteiger charge is 2.38. The zero-order valence-corrected chi connectivity index (χ0v) is 15.9. The summed E-state index contributed by atoms with van der Waals surface area (Å²) in [7, 11) is 0. The Bertz CT molecular complexity index is 1050. The standard InChI is InChI=1S/C22H20FN3O3/c1-14-4-9-17(29-14)12-25-20(27)11-19-21-18(3-2-10-24-21)22(28)26(19)13-15-5-7-16(23)8-6-15/h2-10,19H,11-13H2,1H3,(H,25,27). The average molecular weight is 393 g/mol. The first-order valence-electron chi connectivity index (χ1n) is 9.33. The molecule has 0 fully saturated rings. The maximum Gasteiger partial charge on any atom is 0.256 e. The van der Waals surface area contributed by atoms with Crippen LogP contribution < -0.4 is 5.32 Å². The number of hydrogen-bond acceptors (Lipinski definition) is 4. The van der Waals surface area contributed by atoms with Gasteiger partial charge in [0, 0.05) is 12.7 Å². The summed E-state index contributed by atoms with van der Waals surface area (Å²) in [6.07, 6.45) is 1.70. The lowest BCUT2D eigenvalue weighted by molar-refractivity contribution is -0.122. The second kappa shape index (κ2) is 7.87. The van der Waals surface area contributed by atoms with Crippen LogP contribution in [0.3, 0.4) is 0 Å². The highest BCUT2D eigenvalue weighted by atomic mass is 19.1. The topological polar surface area (TPSA) is 75.4 Å². The van der Waals surface area contributed by atoms with Gasteiger partial charge in [0.15, 0.2) is 0 Å². The third-order valence-electron chi connectivity index (χ3n) is 4.92. The Hall–Kier alpha value is -3.48. The van der Waals surface area contributed by atoms with E-state index < -0.39 is 6.04 Å². The van der Waals surface area contributed by atoms with Crippen molar-refractivity contribution in [2.75, 3.05) is 0 Å². The molecular weight excluding hydrogens is 373 g/mol. The molecule has 1 aromatic carbocycles. The number of carbonyl (C=O) groups excluding carboxylic acids is 2. The summed E-state index contributed by atoms with van der Waals surface area (Å²) in [5.41, 5.74) is 1.86. The van der Waals surface area contributed by atoms with Gasteiger partial charge in [-0.1, -0.05) is 12.1 Å². The summed E-state index contributed by atoms with van der Waals surface area (Å²) in [4.78, 5) is 31.4. The lowest BCUT2D eigenvalue weighted by Crippen LogP contribution is -2.32. The fourth-order valence-corrected chi connectivity index (χ4v) is 3.50. The van der Waals surface area contributed by atoms with Gasteiger partial charge >= 0.3 is 0 Å². The van der Waals surface area contributed by atoms with Crippen molar-refractivity contribution in [1.29, 1.82) is 0 Å². The highest BCUT2D eigenvalue weighted by Crippen LogP contribution is 2.35. The van der Waals surface area contributed by atoms with Gasteiger partial charge < -0.3 is 14.6 Å². The molecule has 1 unspecified atom stereocenters. The van der Waals surface area contributed by atoms with Gasteiger partial charge in [-0.05, 0) is 48.9 Å². The molecule has 0 saturated heterocycles. The Balaban J connectivity index is 1.51. The van der Waals surface area contributed by atoms with E-state index in [0.717, 1.165) is 11.3 Å². The van der Waals surface area contributed by atoms with Crippen molar-refractivity contribution in [1.82, 2.24) is 15.2 Å². The van der Waals surface area contributed by atoms with Crippen LogP contribution in [-0.2, 0) is 17.9 Å². The number of carbonyl (C=O) groups is 2. The van der Waals surface area contributed by atoms with Crippen LogP contribution >= 0.6 is 0 Å². The number of nitrogens with zero attached hydrogens (tertiary/aromatic N) is 2. The van der Waals surface area contributed by atoms with Crippen molar-refractivity contribution in [2.45, 2.75) is 32.5 Å². The Morgan fingerprint density at radius 2 is 2.00 bits per heavy atom. The molecule has 1 aliphatic rings. The molecule has 3 aromatic rings. The van der Waals surface area contributed by atoms with Crippen LogP contribution in [0, 0.1) is 12.7 Å². The summed E-state index contributed by atoms with van der Waals surface area (Å²) >= 11 is 0. The molecule has 0 radical (unpaired) electrons. The highest BCUT2D eigenvalue weighted by molar-refractivity contribution is 5.99. The SMILES string of the molecule is Cc1ccc(CNC(=O)CC2c3ncccc3C(=O)N2Cc2ccc(F)cc2)o1. The minimum Gasteiger partial charge on any atom is -0.465 e. The summed E-state index contributed by atoms with van der Waals surface area (Å²) < 4.78 is 18.7. The summed E-state index contributed by atoms with van der Waals surface area (Å²) in [5.74, 6) is 0.714. The number of pyridine rings is 1. The van der Waals surface area contributed by atoms with E-state index in [1.54, 1.807) is 35.4 Å². The van der Waals surface area contributed by atoms with Crippen LogP contribution in [0.1, 0.15) is 45.6 Å². The predicted molar refractivity (Wildman–Crippen MR) is 103 cm³/mol. The third-order valence-corrected chi connectivity index (χ3v) is 4.92. The van der Waals surface area contributed by atoms with Crippen LogP contribution in [0.2, 0.25) is 0 Å². The minimum absolute atomic E-state index is 0.0800. The van der Waals surface area contributed by atoms with Crippen molar-refractivity contribution in [3.63, 3.8) is 0 Å². The summed E-state index contributed by atoms with van der Waals surface area (Å²) in [6, 6.07) is 12.6. The number of hydrogen-bond donors (Lipinski definition) is 1. The number of rotatable bonds is 6. The Labute approximate surface area is 167 Å². The Kier molecular flexibility index (Phi) is 5.12. The maximum absolute atomic E-state index is 13.2. The summed E-state index contributed by atoms with van der Waals surface area (Å²) in [6.45, 7) is 2.39. The van der Waals surface area contributed by atoms with Gasteiger partial charge in [-0.15, -0.1) is 0 Å². The number of nitrogens with one attached hydrogen (secondary N) is 1. The summed E-state index contributed by atoms with van der Waals surface area (Å²) in [5, 5.41) is 2.83. The molecule has 1 atom stereocenters. The molecule has 1 aliphatic heterocycles. The van der Waals surface area contributed by atoms with Gasteiger partial charge in [0.25, 0.3) is 5.91 Å². The van der Waals surface area contributed by atoms with Gasteiger partial charge in [-0.25, -0.2) is 4.39 Å². The quantitative estimate of drug-likeness (QED) is 0.695. The van der Waals surface area contributed by atoms with E-state index in [0.29, 0.717) is 17.0 Å². The monoisotopic (exact) mass is 393 g/mol. The first-order valence-corrected chi connectivity index (χ1v) is 9.33. The molecule has 2 amide bonds. The van der Waals surface area contributed by atoms with Crippen LogP contribution in [0.15, 0.2) is 59.1 Å². The number of benzene rings is 1. The lowest BCUT2D eigenvalue weighted by Gasteiger charge is -2.24. The van der Waals surface area contributed by atoms with E-state index in [1.807, 2.05) is 19.1 Å². The molecule has 29 heavy (non-hydrogen) atoms. The van der Waals surface area contributed by atoms with E-state index in [4.69, 9.17) is 4.42 Å². The fourth-order valence-electron chi connectivity index (χ4n) is 3.50. The van der Waals surface area contributed by atoms with Gasteiger partial charge in [0.05, 0.1) is 30.3 Å². The van der Waals surface area contributed by atoms with Crippen molar-refractivity contribution in [3.8, 4) is 0 Å². The molecule has 7 heteroatoms. The van der Waals surface area contributed by atoms with E-state index >= 15 is 0 Å². The maximum atomic E-state index is 13.2. The largest absolute Gasteiger partial charge is 0.465 e. The van der Waals surface area contributed by atoms with Crippen molar-refractivity contribution in [2.24, 2.45) is 0 Å². The molecule has 0 bridgehead atoms. The molecule has 148 valence electrons. The smallest absolute Gasteiger partial charge is 0.256 e. The second-order valence-electron chi connectivity index (χ2n) is 7.00. The molecular formula is C22H20FN3O3. The van der Waals surface area contributed by atoms with Crippen LogP contribution in [0.5, 0.6) is 0 Å². The van der Waals surface area contributed by atoms with Gasteiger partial charge in [0.2, 0.25) is 5.91 Å². The zero-order valence-electron chi connectivity index (χ0n) is 15.9. The van der Waals surface area contributed by atoms with Gasteiger partial charge in [-0.3, -0.25) is 14.6 Å². The average Bonchev–Trinajstić information content (AvgIpc) is 3.25. The lowest BCUT2D eigenvalue weighted by atomic mass is 10.1. The molecule has 1 N–H and O–H groups in total. The predicted octanol–water partition coefficient (Wildman–Crippen LogP) is 3.53. The second-order valence-corrected chi connectivity index (χ2v) is 7.00. The van der Waals surface area contributed by atoms with Gasteiger partial charge in [0.1, 0.15) is 17.3 Å². The molecule has 2 aromatic heterocycles. The van der Waals surface area contributed by atoms with E-state index in [1.165, 1.54) is 12.1 Å². The number of fused-ring (bicyclic) bond motifs is 1. The normalized spacial score (nSPS) is 15.4. The van der Waals surface area contributed by atoms with Crippen LogP contribution in [0.25, 0.3) is 0 Å². The number of aryl methyl sites for hydroxylation is 1. The zero-order chi connectivity index (χ0) is 20.4. The fraction of sp³-hybridized carbons (Fsp3) is 0.227. The minimum atomic E-state index is -0.484. The van der Waals surface area contributed by atoms with E-state index in [9.17, 15) is 14.0 Å². The molecule has 3 heterocycles. The third kappa shape index (κ3) is 4.03. The molecule has 6 nitrogen and oxygen atoms in total.